The molecule has 6 aromatic rings. The molecule has 0 bridgehead atoms. The quantitative estimate of drug-likeness (QED) is 0.273. The van der Waals surface area contributed by atoms with Crippen molar-refractivity contribution in [1.82, 2.24) is 0 Å². The normalized spacial score (nSPS) is 11.4. The van der Waals surface area contributed by atoms with Gasteiger partial charge in [-0.15, -0.1) is 0 Å². The zero-order valence-electron chi connectivity index (χ0n) is 18.1. The van der Waals surface area contributed by atoms with E-state index in [2.05, 4.69) is 72.8 Å². The second kappa shape index (κ2) is 7.28. The van der Waals surface area contributed by atoms with E-state index in [1.165, 1.54) is 54.6 Å². The molecule has 0 aromatic heterocycles. The minimum Gasteiger partial charge on any atom is -0.497 e. The maximum Gasteiger partial charge on any atom is 0.118 e. The second-order valence-electron chi connectivity index (χ2n) is 8.11. The van der Waals surface area contributed by atoms with Gasteiger partial charge >= 0.3 is 0 Å². The van der Waals surface area contributed by atoms with Gasteiger partial charge in [0.2, 0.25) is 0 Å². The van der Waals surface area contributed by atoms with Crippen molar-refractivity contribution < 1.29 is 9.47 Å². The number of benzene rings is 6. The van der Waals surface area contributed by atoms with Crippen LogP contribution in [0.4, 0.5) is 0 Å². The lowest BCUT2D eigenvalue weighted by atomic mass is 9.87. The Morgan fingerprint density at radius 3 is 1.16 bits per heavy atom. The van der Waals surface area contributed by atoms with Gasteiger partial charge in [0.1, 0.15) is 11.5 Å². The summed E-state index contributed by atoms with van der Waals surface area (Å²) >= 11 is 0. The molecule has 2 heteroatoms. The van der Waals surface area contributed by atoms with Crippen molar-refractivity contribution in [3.63, 3.8) is 0 Å². The molecule has 6 rings (SSSR count). The number of methoxy groups -OCH3 is 2. The standard InChI is InChI=1S/C30H22O2/c1-31-23-11-3-19(4-12-23)25-15-7-21-10-18-28-26(20-5-13-24(32-2)14-6-20)16-8-22-9-17-27(25)29(21)30(22)28/h3-18H,1-2H3. The van der Waals surface area contributed by atoms with Crippen molar-refractivity contribution in [3.8, 4) is 33.8 Å². The van der Waals surface area contributed by atoms with E-state index >= 15 is 0 Å². The van der Waals surface area contributed by atoms with E-state index in [1.807, 2.05) is 24.3 Å². The molecule has 0 aliphatic rings. The monoisotopic (exact) mass is 414 g/mol. The Labute approximate surface area is 187 Å². The third kappa shape index (κ3) is 2.80. The SMILES string of the molecule is COc1ccc(-c2ccc3ccc4c(-c5ccc(OC)cc5)ccc5ccc2c3c54)cc1. The van der Waals surface area contributed by atoms with Gasteiger partial charge in [-0.25, -0.2) is 0 Å². The molecule has 0 saturated carbocycles. The molecule has 0 fully saturated rings. The highest BCUT2D eigenvalue weighted by atomic mass is 16.5. The van der Waals surface area contributed by atoms with Gasteiger partial charge < -0.3 is 9.47 Å². The zero-order valence-corrected chi connectivity index (χ0v) is 18.1. The summed E-state index contributed by atoms with van der Waals surface area (Å²) in [6, 6.07) is 34.6. The Morgan fingerprint density at radius 1 is 0.406 bits per heavy atom. The first-order chi connectivity index (χ1) is 15.8. The summed E-state index contributed by atoms with van der Waals surface area (Å²) in [5, 5.41) is 7.73. The Hall–Kier alpha value is -4.04. The molecule has 0 aliphatic carbocycles. The van der Waals surface area contributed by atoms with E-state index in [0.29, 0.717) is 0 Å². The number of hydrogen-bond acceptors (Lipinski definition) is 2. The Morgan fingerprint density at radius 2 is 0.781 bits per heavy atom. The summed E-state index contributed by atoms with van der Waals surface area (Å²) in [5.74, 6) is 1.74. The van der Waals surface area contributed by atoms with Crippen LogP contribution < -0.4 is 9.47 Å². The second-order valence-corrected chi connectivity index (χ2v) is 8.11. The van der Waals surface area contributed by atoms with E-state index in [1.54, 1.807) is 14.2 Å². The van der Waals surface area contributed by atoms with Crippen LogP contribution in [-0.4, -0.2) is 14.2 Å². The van der Waals surface area contributed by atoms with E-state index in [-0.39, 0.29) is 0 Å². The fraction of sp³-hybridized carbons (Fsp3) is 0.0667. The molecule has 0 saturated heterocycles. The van der Waals surface area contributed by atoms with Crippen LogP contribution in [0.5, 0.6) is 11.5 Å². The molecule has 154 valence electrons. The van der Waals surface area contributed by atoms with E-state index in [9.17, 15) is 0 Å². The summed E-state index contributed by atoms with van der Waals surface area (Å²) in [6.07, 6.45) is 0. The average molecular weight is 415 g/mol. The van der Waals surface area contributed by atoms with Gasteiger partial charge in [0, 0.05) is 0 Å². The summed E-state index contributed by atoms with van der Waals surface area (Å²) < 4.78 is 10.7. The van der Waals surface area contributed by atoms with Crippen LogP contribution in [0.25, 0.3) is 54.6 Å². The lowest BCUT2D eigenvalue weighted by Gasteiger charge is -2.16. The molecule has 32 heavy (non-hydrogen) atoms. The zero-order chi connectivity index (χ0) is 21.7. The smallest absolute Gasteiger partial charge is 0.118 e. The van der Waals surface area contributed by atoms with Crippen LogP contribution in [-0.2, 0) is 0 Å². The Balaban J connectivity index is 1.63. The number of rotatable bonds is 4. The van der Waals surface area contributed by atoms with E-state index < -0.39 is 0 Å². The van der Waals surface area contributed by atoms with Gasteiger partial charge in [0.25, 0.3) is 0 Å². The maximum absolute atomic E-state index is 5.35. The summed E-state index contributed by atoms with van der Waals surface area (Å²) in [6.45, 7) is 0. The summed E-state index contributed by atoms with van der Waals surface area (Å²) in [5.41, 5.74) is 4.87. The Bertz CT molecular complexity index is 1440. The third-order valence-electron chi connectivity index (χ3n) is 6.47. The molecule has 0 N–H and O–H groups in total. The first-order valence-electron chi connectivity index (χ1n) is 10.8. The van der Waals surface area contributed by atoms with Crippen LogP contribution >= 0.6 is 0 Å². The fourth-order valence-electron chi connectivity index (χ4n) is 4.85. The molecular formula is C30H22O2. The van der Waals surface area contributed by atoms with Crippen molar-refractivity contribution in [2.75, 3.05) is 14.2 Å². The Kier molecular flexibility index (Phi) is 4.26. The molecular weight excluding hydrogens is 392 g/mol. The lowest BCUT2D eigenvalue weighted by molar-refractivity contribution is 0.415. The van der Waals surface area contributed by atoms with Crippen molar-refractivity contribution >= 4 is 32.3 Å². The molecule has 0 spiro atoms. The molecule has 0 amide bonds. The fourth-order valence-corrected chi connectivity index (χ4v) is 4.85. The molecule has 6 aromatic carbocycles. The first kappa shape index (κ1) is 18.7. The van der Waals surface area contributed by atoms with E-state index in [0.717, 1.165) is 11.5 Å². The summed E-state index contributed by atoms with van der Waals surface area (Å²) in [4.78, 5) is 0. The van der Waals surface area contributed by atoms with Crippen LogP contribution in [0, 0.1) is 0 Å². The largest absolute Gasteiger partial charge is 0.497 e. The van der Waals surface area contributed by atoms with Gasteiger partial charge in [-0.05, 0) is 78.8 Å². The predicted molar refractivity (Wildman–Crippen MR) is 134 cm³/mol. The summed E-state index contributed by atoms with van der Waals surface area (Å²) in [7, 11) is 3.40. The average Bonchev–Trinajstić information content (AvgIpc) is 2.87. The van der Waals surface area contributed by atoms with Crippen molar-refractivity contribution in [3.05, 3.63) is 97.1 Å². The molecule has 0 aliphatic heterocycles. The van der Waals surface area contributed by atoms with Crippen molar-refractivity contribution in [2.24, 2.45) is 0 Å². The van der Waals surface area contributed by atoms with E-state index in [4.69, 9.17) is 9.47 Å². The van der Waals surface area contributed by atoms with Gasteiger partial charge in [-0.1, -0.05) is 72.8 Å². The first-order valence-corrected chi connectivity index (χ1v) is 10.8. The minimum atomic E-state index is 0.871. The van der Waals surface area contributed by atoms with Gasteiger partial charge in [-0.3, -0.25) is 0 Å². The topological polar surface area (TPSA) is 18.5 Å². The van der Waals surface area contributed by atoms with Gasteiger partial charge in [0.05, 0.1) is 14.2 Å². The van der Waals surface area contributed by atoms with Crippen LogP contribution in [0.3, 0.4) is 0 Å². The van der Waals surface area contributed by atoms with Crippen LogP contribution in [0.15, 0.2) is 97.1 Å². The highest BCUT2D eigenvalue weighted by Crippen LogP contribution is 2.42. The lowest BCUT2D eigenvalue weighted by Crippen LogP contribution is -1.90. The molecule has 0 atom stereocenters. The molecule has 0 unspecified atom stereocenters. The van der Waals surface area contributed by atoms with Crippen molar-refractivity contribution in [2.45, 2.75) is 0 Å². The highest BCUT2D eigenvalue weighted by Gasteiger charge is 2.14. The molecule has 0 radical (unpaired) electrons. The molecule has 0 heterocycles. The third-order valence-corrected chi connectivity index (χ3v) is 6.47. The number of ether oxygens (including phenoxy) is 2. The van der Waals surface area contributed by atoms with Crippen molar-refractivity contribution in [1.29, 1.82) is 0 Å². The number of hydrogen-bond donors (Lipinski definition) is 0. The van der Waals surface area contributed by atoms with Gasteiger partial charge in [-0.2, -0.15) is 0 Å². The predicted octanol–water partition coefficient (Wildman–Crippen LogP) is 7.94. The van der Waals surface area contributed by atoms with Gasteiger partial charge in [0.15, 0.2) is 0 Å². The molecule has 2 nitrogen and oxygen atoms in total. The minimum absolute atomic E-state index is 0.871. The highest BCUT2D eigenvalue weighted by molar-refractivity contribution is 6.27. The maximum atomic E-state index is 5.35. The van der Waals surface area contributed by atoms with Crippen LogP contribution in [0.2, 0.25) is 0 Å². The van der Waals surface area contributed by atoms with Crippen LogP contribution in [0.1, 0.15) is 0 Å².